The minimum atomic E-state index is -3.75. The normalized spacial score (nSPS) is 16.3. The number of nitrogens with zero attached hydrogens (tertiary/aromatic N) is 2. The van der Waals surface area contributed by atoms with Crippen LogP contribution in [0.2, 0.25) is 0 Å². The van der Waals surface area contributed by atoms with E-state index in [1.54, 1.807) is 12.1 Å². The summed E-state index contributed by atoms with van der Waals surface area (Å²) < 4.78 is 26.7. The van der Waals surface area contributed by atoms with Crippen LogP contribution in [0, 0.1) is 0 Å². The predicted molar refractivity (Wildman–Crippen MR) is 113 cm³/mol. The summed E-state index contributed by atoms with van der Waals surface area (Å²) in [4.78, 5) is 26.6. The lowest BCUT2D eigenvalue weighted by molar-refractivity contribution is -0.122. The van der Waals surface area contributed by atoms with Gasteiger partial charge in [-0.2, -0.15) is 4.31 Å². The van der Waals surface area contributed by atoms with Gasteiger partial charge in [0.15, 0.2) is 0 Å². The third-order valence-corrected chi connectivity index (χ3v) is 7.10. The van der Waals surface area contributed by atoms with Crippen molar-refractivity contribution in [2.45, 2.75) is 63.8 Å². The van der Waals surface area contributed by atoms with Gasteiger partial charge in [0, 0.05) is 31.2 Å². The average molecular weight is 424 g/mol. The Morgan fingerprint density at radius 2 is 1.86 bits per heavy atom. The molecule has 0 aromatic heterocycles. The Morgan fingerprint density at radius 3 is 2.45 bits per heavy atom. The van der Waals surface area contributed by atoms with E-state index in [0.29, 0.717) is 18.7 Å². The highest BCUT2D eigenvalue weighted by Gasteiger charge is 2.29. The molecule has 8 heteroatoms. The number of amides is 2. The van der Waals surface area contributed by atoms with Crippen molar-refractivity contribution in [1.29, 1.82) is 0 Å². The van der Waals surface area contributed by atoms with Crippen LogP contribution in [0.3, 0.4) is 0 Å². The quantitative estimate of drug-likeness (QED) is 0.586. The highest BCUT2D eigenvalue weighted by molar-refractivity contribution is 7.89. The highest BCUT2D eigenvalue weighted by atomic mass is 32.2. The summed E-state index contributed by atoms with van der Waals surface area (Å²) in [6.45, 7) is 7.37. The van der Waals surface area contributed by atoms with E-state index in [1.165, 1.54) is 16.4 Å². The fourth-order valence-corrected chi connectivity index (χ4v) is 4.93. The van der Waals surface area contributed by atoms with Crippen molar-refractivity contribution in [3.05, 3.63) is 29.8 Å². The summed E-state index contributed by atoms with van der Waals surface area (Å²) in [5, 5.41) is 2.62. The molecule has 1 saturated heterocycles. The minimum absolute atomic E-state index is 0.0663. The molecule has 162 valence electrons. The number of piperazine rings is 1. The molecule has 1 N–H and O–H groups in total. The molecule has 0 saturated carbocycles. The Labute approximate surface area is 174 Å². The molecule has 2 rings (SSSR count). The summed E-state index contributed by atoms with van der Waals surface area (Å²) in [5.74, 6) is -0.373. The number of carbonyl (C=O) groups is 2. The van der Waals surface area contributed by atoms with Gasteiger partial charge in [-0.25, -0.2) is 8.42 Å². The van der Waals surface area contributed by atoms with Crippen LogP contribution in [0.5, 0.6) is 0 Å². The molecule has 2 amide bonds. The summed E-state index contributed by atoms with van der Waals surface area (Å²) in [5.41, 5.74) is 0.486. The average Bonchev–Trinajstić information content (AvgIpc) is 2.71. The Bertz CT molecular complexity index is 793. The van der Waals surface area contributed by atoms with E-state index in [4.69, 9.17) is 0 Å². The number of unbranched alkanes of at least 4 members (excludes halogenated alkanes) is 2. The van der Waals surface area contributed by atoms with Crippen LogP contribution in [0.1, 0.15) is 63.2 Å². The maximum absolute atomic E-state index is 13.1. The topological polar surface area (TPSA) is 86.8 Å². The van der Waals surface area contributed by atoms with Crippen LogP contribution in [0.25, 0.3) is 0 Å². The molecule has 29 heavy (non-hydrogen) atoms. The molecule has 1 aromatic rings. The van der Waals surface area contributed by atoms with Crippen LogP contribution in [-0.2, 0) is 14.8 Å². The Morgan fingerprint density at radius 1 is 1.17 bits per heavy atom. The van der Waals surface area contributed by atoms with Gasteiger partial charge >= 0.3 is 0 Å². The lowest BCUT2D eigenvalue weighted by Gasteiger charge is -2.29. The summed E-state index contributed by atoms with van der Waals surface area (Å²) >= 11 is 0. The van der Waals surface area contributed by atoms with E-state index in [9.17, 15) is 18.0 Å². The van der Waals surface area contributed by atoms with Crippen LogP contribution in [-0.4, -0.2) is 61.7 Å². The van der Waals surface area contributed by atoms with Crippen LogP contribution in [0.15, 0.2) is 29.2 Å². The molecule has 0 radical (unpaired) electrons. The molecular formula is C21H33N3O4S. The molecule has 1 aliphatic rings. The second-order valence-electron chi connectivity index (χ2n) is 7.56. The van der Waals surface area contributed by atoms with E-state index >= 15 is 0 Å². The maximum atomic E-state index is 13.1. The molecule has 1 aromatic carbocycles. The predicted octanol–water partition coefficient (Wildman–Crippen LogP) is 2.63. The van der Waals surface area contributed by atoms with Crippen molar-refractivity contribution in [2.24, 2.45) is 0 Å². The van der Waals surface area contributed by atoms with Crippen LogP contribution in [0.4, 0.5) is 0 Å². The Kier molecular flexibility index (Phi) is 8.64. The SMILES string of the molecule is CCCCCN(C(=O)c1ccc(S(=O)(=O)N2CCNC(=O)C2)cc1)[C@@H](C)CCC. The molecule has 1 fully saturated rings. The van der Waals surface area contributed by atoms with Gasteiger partial charge in [0.05, 0.1) is 11.4 Å². The highest BCUT2D eigenvalue weighted by Crippen LogP contribution is 2.19. The van der Waals surface area contributed by atoms with Gasteiger partial charge in [-0.15, -0.1) is 0 Å². The van der Waals surface area contributed by atoms with Gasteiger partial charge in [0.2, 0.25) is 15.9 Å². The first kappa shape index (κ1) is 23.3. The monoisotopic (exact) mass is 423 g/mol. The first-order valence-electron chi connectivity index (χ1n) is 10.5. The van der Waals surface area contributed by atoms with Crippen molar-refractivity contribution in [3.63, 3.8) is 0 Å². The molecule has 1 heterocycles. The van der Waals surface area contributed by atoms with E-state index in [1.807, 2.05) is 4.90 Å². The zero-order valence-corrected chi connectivity index (χ0v) is 18.5. The summed E-state index contributed by atoms with van der Waals surface area (Å²) in [7, 11) is -3.75. The smallest absolute Gasteiger partial charge is 0.254 e. The molecule has 0 spiro atoms. The number of nitrogens with one attached hydrogen (secondary N) is 1. The van der Waals surface area contributed by atoms with Crippen molar-refractivity contribution < 1.29 is 18.0 Å². The van der Waals surface area contributed by atoms with Crippen molar-refractivity contribution in [1.82, 2.24) is 14.5 Å². The zero-order valence-electron chi connectivity index (χ0n) is 17.7. The number of hydrogen-bond donors (Lipinski definition) is 1. The second-order valence-corrected chi connectivity index (χ2v) is 9.49. The van der Waals surface area contributed by atoms with Crippen molar-refractivity contribution >= 4 is 21.8 Å². The fraction of sp³-hybridized carbons (Fsp3) is 0.619. The van der Waals surface area contributed by atoms with Crippen molar-refractivity contribution in [2.75, 3.05) is 26.2 Å². The largest absolute Gasteiger partial charge is 0.354 e. The minimum Gasteiger partial charge on any atom is -0.354 e. The molecule has 0 bridgehead atoms. The zero-order chi connectivity index (χ0) is 21.4. The van der Waals surface area contributed by atoms with Gasteiger partial charge in [0.25, 0.3) is 5.91 Å². The first-order valence-corrected chi connectivity index (χ1v) is 11.9. The lowest BCUT2D eigenvalue weighted by atomic mass is 10.1. The standard InChI is InChI=1S/C21H33N3O4S/c1-4-6-7-14-24(17(3)8-5-2)21(26)18-9-11-19(12-10-18)29(27,28)23-15-13-22-20(25)16-23/h9-12,17H,4-8,13-16H2,1-3H3,(H,22,25)/t17-/m0/s1. The van der Waals surface area contributed by atoms with E-state index in [-0.39, 0.29) is 35.8 Å². The van der Waals surface area contributed by atoms with Gasteiger partial charge in [-0.3, -0.25) is 9.59 Å². The van der Waals surface area contributed by atoms with Crippen LogP contribution >= 0.6 is 0 Å². The number of sulfonamides is 1. The molecular weight excluding hydrogens is 390 g/mol. The molecule has 0 unspecified atom stereocenters. The maximum Gasteiger partial charge on any atom is 0.254 e. The van der Waals surface area contributed by atoms with E-state index < -0.39 is 10.0 Å². The molecule has 1 aliphatic heterocycles. The number of carbonyl (C=O) groups excluding carboxylic acids is 2. The first-order chi connectivity index (χ1) is 13.8. The number of hydrogen-bond acceptors (Lipinski definition) is 4. The third kappa shape index (κ3) is 6.02. The number of benzene rings is 1. The van der Waals surface area contributed by atoms with Crippen LogP contribution < -0.4 is 5.32 Å². The van der Waals surface area contributed by atoms with E-state index in [0.717, 1.165) is 32.1 Å². The second kappa shape index (κ2) is 10.7. The van der Waals surface area contributed by atoms with Crippen molar-refractivity contribution in [3.8, 4) is 0 Å². The summed E-state index contributed by atoms with van der Waals surface area (Å²) in [6, 6.07) is 6.21. The lowest BCUT2D eigenvalue weighted by Crippen LogP contribution is -2.49. The number of rotatable bonds is 10. The fourth-order valence-electron chi connectivity index (χ4n) is 3.53. The van der Waals surface area contributed by atoms with Gasteiger partial charge < -0.3 is 10.2 Å². The molecule has 7 nitrogen and oxygen atoms in total. The Balaban J connectivity index is 2.17. The van der Waals surface area contributed by atoms with Gasteiger partial charge in [0.1, 0.15) is 0 Å². The third-order valence-electron chi connectivity index (χ3n) is 5.24. The Hall–Kier alpha value is -1.93. The van der Waals surface area contributed by atoms with Gasteiger partial charge in [-0.1, -0.05) is 33.1 Å². The summed E-state index contributed by atoms with van der Waals surface area (Å²) in [6.07, 6.45) is 5.05. The van der Waals surface area contributed by atoms with Gasteiger partial charge in [-0.05, 0) is 44.0 Å². The molecule has 1 atom stereocenters. The van der Waals surface area contributed by atoms with E-state index in [2.05, 4.69) is 26.1 Å². The molecule has 0 aliphatic carbocycles.